The van der Waals surface area contributed by atoms with Crippen molar-refractivity contribution in [2.24, 2.45) is 11.8 Å². The molecular formula is C19H30N4O5. The van der Waals surface area contributed by atoms with E-state index in [-0.39, 0.29) is 24.7 Å². The fraction of sp³-hybridized carbons (Fsp3) is 0.579. The molecule has 1 rings (SSSR count). The van der Waals surface area contributed by atoms with Crippen molar-refractivity contribution in [1.29, 1.82) is 0 Å². The van der Waals surface area contributed by atoms with E-state index in [1.807, 2.05) is 20.8 Å². The summed E-state index contributed by atoms with van der Waals surface area (Å²) >= 11 is 0. The van der Waals surface area contributed by atoms with E-state index >= 15 is 0 Å². The molecule has 3 N–H and O–H groups in total. The van der Waals surface area contributed by atoms with Crippen LogP contribution in [-0.4, -0.2) is 53.2 Å². The SMILES string of the molecule is CCCCC(CN(O)C=O)C(=O)C(NC(=O)Nc1ccc(OC)cn1)C(C)C. The quantitative estimate of drug-likeness (QED) is 0.284. The summed E-state index contributed by atoms with van der Waals surface area (Å²) in [5.74, 6) is -0.0827. The highest BCUT2D eigenvalue weighted by molar-refractivity contribution is 5.94. The van der Waals surface area contributed by atoms with E-state index in [1.54, 1.807) is 12.1 Å². The van der Waals surface area contributed by atoms with Gasteiger partial charge in [-0.25, -0.2) is 14.8 Å². The van der Waals surface area contributed by atoms with E-state index in [1.165, 1.54) is 13.3 Å². The van der Waals surface area contributed by atoms with Gasteiger partial charge < -0.3 is 10.1 Å². The summed E-state index contributed by atoms with van der Waals surface area (Å²) in [5, 5.41) is 15.2. The molecule has 2 atom stereocenters. The van der Waals surface area contributed by atoms with Crippen LogP contribution in [0.5, 0.6) is 5.75 Å². The topological polar surface area (TPSA) is 121 Å². The zero-order chi connectivity index (χ0) is 21.1. The number of pyridine rings is 1. The predicted octanol–water partition coefficient (Wildman–Crippen LogP) is 2.46. The summed E-state index contributed by atoms with van der Waals surface area (Å²) < 4.78 is 5.02. The molecule has 0 spiro atoms. The molecule has 0 saturated heterocycles. The van der Waals surface area contributed by atoms with Gasteiger partial charge in [-0.15, -0.1) is 0 Å². The van der Waals surface area contributed by atoms with Crippen molar-refractivity contribution in [2.45, 2.75) is 46.1 Å². The van der Waals surface area contributed by atoms with Crippen LogP contribution in [-0.2, 0) is 9.59 Å². The highest BCUT2D eigenvalue weighted by atomic mass is 16.5. The zero-order valence-electron chi connectivity index (χ0n) is 16.8. The molecule has 0 bridgehead atoms. The second-order valence-corrected chi connectivity index (χ2v) is 6.87. The van der Waals surface area contributed by atoms with Crippen molar-refractivity contribution in [2.75, 3.05) is 19.0 Å². The number of unbranched alkanes of at least 4 members (excludes halogenated alkanes) is 1. The first-order valence-electron chi connectivity index (χ1n) is 9.34. The maximum absolute atomic E-state index is 13.0. The summed E-state index contributed by atoms with van der Waals surface area (Å²) in [6.07, 6.45) is 3.91. The van der Waals surface area contributed by atoms with E-state index in [9.17, 15) is 19.6 Å². The van der Waals surface area contributed by atoms with Crippen LogP contribution in [0.2, 0.25) is 0 Å². The smallest absolute Gasteiger partial charge is 0.320 e. The second-order valence-electron chi connectivity index (χ2n) is 6.87. The van der Waals surface area contributed by atoms with Crippen molar-refractivity contribution in [3.05, 3.63) is 18.3 Å². The lowest BCUT2D eigenvalue weighted by Gasteiger charge is -2.27. The Hall–Kier alpha value is -2.68. The molecule has 28 heavy (non-hydrogen) atoms. The minimum absolute atomic E-state index is 0.102. The molecule has 0 radical (unpaired) electrons. The largest absolute Gasteiger partial charge is 0.495 e. The highest BCUT2D eigenvalue weighted by Crippen LogP contribution is 2.17. The molecule has 9 nitrogen and oxygen atoms in total. The van der Waals surface area contributed by atoms with E-state index in [2.05, 4.69) is 15.6 Å². The van der Waals surface area contributed by atoms with Gasteiger partial charge in [-0.3, -0.25) is 20.1 Å². The third-order valence-electron chi connectivity index (χ3n) is 4.31. The van der Waals surface area contributed by atoms with Crippen LogP contribution >= 0.6 is 0 Å². The average Bonchev–Trinajstić information content (AvgIpc) is 2.68. The molecule has 1 heterocycles. The van der Waals surface area contributed by atoms with Gasteiger partial charge in [0, 0.05) is 5.92 Å². The lowest BCUT2D eigenvalue weighted by atomic mass is 9.87. The Morgan fingerprint density at radius 1 is 1.36 bits per heavy atom. The molecule has 0 aliphatic heterocycles. The Labute approximate surface area is 165 Å². The Kier molecular flexibility index (Phi) is 9.94. The van der Waals surface area contributed by atoms with E-state index in [0.29, 0.717) is 23.1 Å². The third kappa shape index (κ3) is 7.51. The Morgan fingerprint density at radius 2 is 2.07 bits per heavy atom. The van der Waals surface area contributed by atoms with Crippen LogP contribution < -0.4 is 15.4 Å². The molecule has 1 aromatic heterocycles. The summed E-state index contributed by atoms with van der Waals surface area (Å²) in [5.41, 5.74) is 0. The standard InChI is InChI=1S/C19H30N4O5/c1-5-6-7-14(11-23(27)12-24)18(25)17(13(2)3)22-19(26)21-16-9-8-15(28-4)10-20-16/h8-10,12-14,17,27H,5-7,11H2,1-4H3,(H2,20,21,22,26). The lowest BCUT2D eigenvalue weighted by molar-refractivity contribution is -0.154. The Morgan fingerprint density at radius 3 is 2.57 bits per heavy atom. The van der Waals surface area contributed by atoms with Crippen LogP contribution in [0.4, 0.5) is 10.6 Å². The molecule has 9 heteroatoms. The Balaban J connectivity index is 2.82. The minimum Gasteiger partial charge on any atom is -0.495 e. The number of carbonyl (C=O) groups is 3. The van der Waals surface area contributed by atoms with E-state index < -0.39 is 18.0 Å². The average molecular weight is 394 g/mol. The fourth-order valence-corrected chi connectivity index (χ4v) is 2.73. The molecule has 1 aromatic rings. The van der Waals surface area contributed by atoms with Gasteiger partial charge >= 0.3 is 6.03 Å². The number of ether oxygens (including phenoxy) is 1. The number of urea groups is 1. The molecule has 2 unspecified atom stereocenters. The summed E-state index contributed by atoms with van der Waals surface area (Å²) in [7, 11) is 1.52. The van der Waals surface area contributed by atoms with Crippen LogP contribution in [0, 0.1) is 11.8 Å². The first kappa shape index (κ1) is 23.4. The number of rotatable bonds is 12. The van der Waals surface area contributed by atoms with Crippen LogP contribution in [0.25, 0.3) is 0 Å². The fourth-order valence-electron chi connectivity index (χ4n) is 2.73. The predicted molar refractivity (Wildman–Crippen MR) is 104 cm³/mol. The number of nitrogens with one attached hydrogen (secondary N) is 2. The number of Topliss-reactive ketones (excluding diaryl/α,β-unsaturated/α-hetero) is 1. The normalized spacial score (nSPS) is 12.8. The number of hydrogen-bond acceptors (Lipinski definition) is 6. The van der Waals surface area contributed by atoms with Gasteiger partial charge in [0.1, 0.15) is 11.6 Å². The number of aromatic nitrogens is 1. The molecule has 0 fully saturated rings. The van der Waals surface area contributed by atoms with Crippen molar-refractivity contribution in [3.63, 3.8) is 0 Å². The van der Waals surface area contributed by atoms with Gasteiger partial charge in [0.05, 0.1) is 25.9 Å². The minimum atomic E-state index is -0.764. The van der Waals surface area contributed by atoms with Crippen molar-refractivity contribution in [3.8, 4) is 5.75 Å². The number of carbonyl (C=O) groups excluding carboxylic acids is 3. The number of methoxy groups -OCH3 is 1. The van der Waals surface area contributed by atoms with Crippen LogP contribution in [0.1, 0.15) is 40.0 Å². The first-order valence-corrected chi connectivity index (χ1v) is 9.34. The van der Waals surface area contributed by atoms with Crippen molar-refractivity contribution < 1.29 is 24.3 Å². The Bertz CT molecular complexity index is 636. The number of amides is 3. The van der Waals surface area contributed by atoms with Gasteiger partial charge in [0.15, 0.2) is 5.78 Å². The van der Waals surface area contributed by atoms with Gasteiger partial charge in [-0.1, -0.05) is 33.6 Å². The molecule has 0 aromatic carbocycles. The molecule has 3 amide bonds. The molecule has 0 aliphatic carbocycles. The number of ketones is 1. The van der Waals surface area contributed by atoms with Gasteiger partial charge in [0.25, 0.3) is 0 Å². The van der Waals surface area contributed by atoms with Gasteiger partial charge in [-0.05, 0) is 24.5 Å². The lowest BCUT2D eigenvalue weighted by Crippen LogP contribution is -2.50. The van der Waals surface area contributed by atoms with Crippen LogP contribution in [0.3, 0.4) is 0 Å². The summed E-state index contributed by atoms with van der Waals surface area (Å²) in [4.78, 5) is 40.1. The molecular weight excluding hydrogens is 364 g/mol. The number of hydroxylamine groups is 2. The number of anilines is 1. The number of nitrogens with zero attached hydrogens (tertiary/aromatic N) is 2. The molecule has 0 aliphatic rings. The van der Waals surface area contributed by atoms with E-state index in [4.69, 9.17) is 4.74 Å². The third-order valence-corrected chi connectivity index (χ3v) is 4.31. The first-order chi connectivity index (χ1) is 13.3. The van der Waals surface area contributed by atoms with Crippen molar-refractivity contribution >= 4 is 24.0 Å². The maximum atomic E-state index is 13.0. The second kappa shape index (κ2) is 11.9. The number of hydrogen-bond donors (Lipinski definition) is 3. The molecule has 0 saturated carbocycles. The molecule has 156 valence electrons. The summed E-state index contributed by atoms with van der Waals surface area (Å²) in [6, 6.07) is 1.92. The van der Waals surface area contributed by atoms with Gasteiger partial charge in [-0.2, -0.15) is 0 Å². The monoisotopic (exact) mass is 394 g/mol. The van der Waals surface area contributed by atoms with E-state index in [0.717, 1.165) is 12.8 Å². The maximum Gasteiger partial charge on any atom is 0.320 e. The van der Waals surface area contributed by atoms with Crippen LogP contribution in [0.15, 0.2) is 18.3 Å². The summed E-state index contributed by atoms with van der Waals surface area (Å²) in [6.45, 7) is 5.53. The van der Waals surface area contributed by atoms with Crippen molar-refractivity contribution in [1.82, 2.24) is 15.4 Å². The van der Waals surface area contributed by atoms with Gasteiger partial charge in [0.2, 0.25) is 6.41 Å². The zero-order valence-corrected chi connectivity index (χ0v) is 16.8. The highest BCUT2D eigenvalue weighted by Gasteiger charge is 2.31.